The van der Waals surface area contributed by atoms with E-state index in [-0.39, 0.29) is 0 Å². The van der Waals surface area contributed by atoms with E-state index in [1.165, 1.54) is 0 Å². The second kappa shape index (κ2) is 5.81. The zero-order chi connectivity index (χ0) is 15.7. The third kappa shape index (κ3) is 2.70. The predicted molar refractivity (Wildman–Crippen MR) is 87.0 cm³/mol. The van der Waals surface area contributed by atoms with Crippen molar-refractivity contribution >= 4 is 28.6 Å². The molecule has 0 fully saturated rings. The molecular formula is C17H15ClN2O2. The topological polar surface area (TPSA) is 55.1 Å². The Balaban J connectivity index is 2.20. The number of carboxylic acid groups (broad SMARTS) is 1. The Morgan fingerprint density at radius 1 is 1.27 bits per heavy atom. The van der Waals surface area contributed by atoms with Crippen LogP contribution < -0.4 is 0 Å². The van der Waals surface area contributed by atoms with E-state index < -0.39 is 11.9 Å². The van der Waals surface area contributed by atoms with Crippen LogP contribution in [-0.4, -0.2) is 20.6 Å². The van der Waals surface area contributed by atoms with Gasteiger partial charge in [0.1, 0.15) is 5.82 Å². The normalized spacial score (nSPS) is 12.5. The van der Waals surface area contributed by atoms with Crippen LogP contribution in [0.3, 0.4) is 0 Å². The summed E-state index contributed by atoms with van der Waals surface area (Å²) in [7, 11) is 0. The Kier molecular flexibility index (Phi) is 3.86. The Bertz CT molecular complexity index is 827. The number of carboxylic acids is 1. The fraction of sp³-hybridized carbons (Fsp3) is 0.176. The quantitative estimate of drug-likeness (QED) is 0.789. The van der Waals surface area contributed by atoms with Crippen molar-refractivity contribution in [3.05, 3.63) is 53.6 Å². The minimum atomic E-state index is -0.831. The monoisotopic (exact) mass is 314 g/mol. The molecule has 4 nitrogen and oxygen atoms in total. The molecule has 0 radical (unpaired) electrons. The van der Waals surface area contributed by atoms with Crippen molar-refractivity contribution < 1.29 is 9.90 Å². The average molecular weight is 315 g/mol. The van der Waals surface area contributed by atoms with Crippen LogP contribution in [0.5, 0.6) is 0 Å². The van der Waals surface area contributed by atoms with Crippen LogP contribution in [0.2, 0.25) is 5.02 Å². The number of hydrogen-bond acceptors (Lipinski definition) is 2. The van der Waals surface area contributed by atoms with Crippen LogP contribution in [0.4, 0.5) is 0 Å². The molecule has 0 aliphatic rings. The zero-order valence-corrected chi connectivity index (χ0v) is 12.8. The van der Waals surface area contributed by atoms with E-state index in [0.717, 1.165) is 22.4 Å². The van der Waals surface area contributed by atoms with Crippen molar-refractivity contribution in [2.24, 2.45) is 5.92 Å². The SMILES string of the molecule is CC(Cn1c(-c2ccccc2)nc2ccc(Cl)cc21)C(=O)O. The standard InChI is InChI=1S/C17H15ClN2O2/c1-11(17(21)22)10-20-15-9-13(18)7-8-14(15)19-16(20)12-5-3-2-4-6-12/h2-9,11H,10H2,1H3,(H,21,22). The average Bonchev–Trinajstić information content (AvgIpc) is 2.86. The van der Waals surface area contributed by atoms with Gasteiger partial charge in [-0.2, -0.15) is 0 Å². The van der Waals surface area contributed by atoms with Crippen molar-refractivity contribution in [1.82, 2.24) is 9.55 Å². The first-order chi connectivity index (χ1) is 10.6. The molecule has 1 heterocycles. The number of aliphatic carboxylic acids is 1. The van der Waals surface area contributed by atoms with Gasteiger partial charge in [0.2, 0.25) is 0 Å². The van der Waals surface area contributed by atoms with Crippen LogP contribution in [0.25, 0.3) is 22.4 Å². The number of fused-ring (bicyclic) bond motifs is 1. The number of imidazole rings is 1. The molecule has 22 heavy (non-hydrogen) atoms. The Morgan fingerprint density at radius 3 is 2.68 bits per heavy atom. The van der Waals surface area contributed by atoms with Gasteiger partial charge in [-0.15, -0.1) is 0 Å². The van der Waals surface area contributed by atoms with Crippen LogP contribution in [0, 0.1) is 5.92 Å². The molecule has 2 aromatic carbocycles. The number of aromatic nitrogens is 2. The van der Waals surface area contributed by atoms with Crippen molar-refractivity contribution in [2.75, 3.05) is 0 Å². The predicted octanol–water partition coefficient (Wildman–Crippen LogP) is 4.08. The van der Waals surface area contributed by atoms with Crippen LogP contribution in [-0.2, 0) is 11.3 Å². The van der Waals surface area contributed by atoms with Crippen molar-refractivity contribution in [3.8, 4) is 11.4 Å². The summed E-state index contributed by atoms with van der Waals surface area (Å²) in [5.74, 6) is -0.590. The van der Waals surface area contributed by atoms with E-state index in [2.05, 4.69) is 4.98 Å². The van der Waals surface area contributed by atoms with E-state index in [1.54, 1.807) is 13.0 Å². The molecule has 1 aromatic heterocycles. The number of benzene rings is 2. The molecule has 1 unspecified atom stereocenters. The fourth-order valence-corrected chi connectivity index (χ4v) is 2.61. The van der Waals surface area contributed by atoms with Gasteiger partial charge in [0, 0.05) is 17.1 Å². The molecule has 0 aliphatic heterocycles. The van der Waals surface area contributed by atoms with Gasteiger partial charge in [-0.3, -0.25) is 4.79 Å². The van der Waals surface area contributed by atoms with Crippen molar-refractivity contribution in [2.45, 2.75) is 13.5 Å². The Hall–Kier alpha value is -2.33. The summed E-state index contributed by atoms with van der Waals surface area (Å²) in [6.07, 6.45) is 0. The third-order valence-electron chi connectivity index (χ3n) is 3.62. The van der Waals surface area contributed by atoms with Crippen LogP contribution in [0.15, 0.2) is 48.5 Å². The van der Waals surface area contributed by atoms with E-state index in [4.69, 9.17) is 11.6 Å². The number of rotatable bonds is 4. The molecule has 0 bridgehead atoms. The van der Waals surface area contributed by atoms with Crippen LogP contribution in [0.1, 0.15) is 6.92 Å². The van der Waals surface area contributed by atoms with Crippen molar-refractivity contribution in [3.63, 3.8) is 0 Å². The number of carbonyl (C=O) groups is 1. The highest BCUT2D eigenvalue weighted by Crippen LogP contribution is 2.27. The summed E-state index contributed by atoms with van der Waals surface area (Å²) in [5.41, 5.74) is 2.60. The molecule has 1 atom stereocenters. The van der Waals surface area contributed by atoms with E-state index >= 15 is 0 Å². The number of nitrogens with zero attached hydrogens (tertiary/aromatic N) is 2. The maximum atomic E-state index is 11.2. The minimum absolute atomic E-state index is 0.344. The molecule has 0 saturated heterocycles. The largest absolute Gasteiger partial charge is 0.481 e. The summed E-state index contributed by atoms with van der Waals surface area (Å²) in [6.45, 7) is 2.03. The number of hydrogen-bond donors (Lipinski definition) is 1. The lowest BCUT2D eigenvalue weighted by atomic mass is 10.1. The molecule has 3 rings (SSSR count). The highest BCUT2D eigenvalue weighted by Gasteiger charge is 2.18. The summed E-state index contributed by atoms with van der Waals surface area (Å²) < 4.78 is 1.93. The summed E-state index contributed by atoms with van der Waals surface area (Å²) in [6, 6.07) is 15.2. The first-order valence-electron chi connectivity index (χ1n) is 7.00. The molecule has 5 heteroatoms. The van der Waals surface area contributed by atoms with Gasteiger partial charge in [0.05, 0.1) is 17.0 Å². The zero-order valence-electron chi connectivity index (χ0n) is 12.0. The van der Waals surface area contributed by atoms with Gasteiger partial charge in [-0.25, -0.2) is 4.98 Å². The number of halogens is 1. The molecule has 0 amide bonds. The van der Waals surface area contributed by atoms with Gasteiger partial charge in [-0.05, 0) is 18.2 Å². The molecule has 0 saturated carbocycles. The lowest BCUT2D eigenvalue weighted by Gasteiger charge is -2.12. The van der Waals surface area contributed by atoms with Gasteiger partial charge in [0.25, 0.3) is 0 Å². The lowest BCUT2D eigenvalue weighted by molar-refractivity contribution is -0.141. The van der Waals surface area contributed by atoms with Gasteiger partial charge in [0.15, 0.2) is 0 Å². The third-order valence-corrected chi connectivity index (χ3v) is 3.86. The maximum absolute atomic E-state index is 11.2. The second-order valence-corrected chi connectivity index (χ2v) is 5.72. The Labute approximate surface area is 133 Å². The van der Waals surface area contributed by atoms with E-state index in [9.17, 15) is 9.90 Å². The minimum Gasteiger partial charge on any atom is -0.481 e. The highest BCUT2D eigenvalue weighted by molar-refractivity contribution is 6.31. The molecule has 1 N–H and O–H groups in total. The highest BCUT2D eigenvalue weighted by atomic mass is 35.5. The summed E-state index contributed by atoms with van der Waals surface area (Å²) >= 11 is 6.09. The van der Waals surface area contributed by atoms with Crippen molar-refractivity contribution in [1.29, 1.82) is 0 Å². The van der Waals surface area contributed by atoms with Gasteiger partial charge < -0.3 is 9.67 Å². The second-order valence-electron chi connectivity index (χ2n) is 5.28. The molecule has 0 aliphatic carbocycles. The van der Waals surface area contributed by atoms with Gasteiger partial charge >= 0.3 is 5.97 Å². The molecule has 0 spiro atoms. The Morgan fingerprint density at radius 2 is 2.00 bits per heavy atom. The molecule has 3 aromatic rings. The van der Waals surface area contributed by atoms with E-state index in [0.29, 0.717) is 11.6 Å². The van der Waals surface area contributed by atoms with Crippen LogP contribution >= 0.6 is 11.6 Å². The lowest BCUT2D eigenvalue weighted by Crippen LogP contribution is -2.17. The smallest absolute Gasteiger partial charge is 0.308 e. The summed E-state index contributed by atoms with van der Waals surface area (Å²) in [4.78, 5) is 15.9. The van der Waals surface area contributed by atoms with E-state index in [1.807, 2.05) is 47.0 Å². The fourth-order valence-electron chi connectivity index (χ4n) is 2.44. The first-order valence-corrected chi connectivity index (χ1v) is 7.38. The summed E-state index contributed by atoms with van der Waals surface area (Å²) in [5, 5.41) is 9.82. The first kappa shape index (κ1) is 14.6. The maximum Gasteiger partial charge on any atom is 0.308 e. The molecular weight excluding hydrogens is 300 g/mol. The van der Waals surface area contributed by atoms with Gasteiger partial charge in [-0.1, -0.05) is 48.9 Å². The molecule has 112 valence electrons.